The van der Waals surface area contributed by atoms with Gasteiger partial charge in [0.15, 0.2) is 12.6 Å². The van der Waals surface area contributed by atoms with Gasteiger partial charge in [-0.25, -0.2) is 0 Å². The van der Waals surface area contributed by atoms with Crippen molar-refractivity contribution in [2.75, 3.05) is 13.2 Å². The van der Waals surface area contributed by atoms with E-state index in [-0.39, 0.29) is 17.9 Å². The third-order valence-electron chi connectivity index (χ3n) is 3.98. The van der Waals surface area contributed by atoms with E-state index in [0.717, 1.165) is 0 Å². The summed E-state index contributed by atoms with van der Waals surface area (Å²) in [5, 5.41) is 76.5. The van der Waals surface area contributed by atoms with E-state index in [0.29, 0.717) is 0 Å². The third kappa shape index (κ3) is 4.95. The highest BCUT2D eigenvalue weighted by Crippen LogP contribution is 2.28. The Morgan fingerprint density at radius 3 is 1.76 bits per heavy atom. The van der Waals surface area contributed by atoms with Gasteiger partial charge in [-0.2, -0.15) is 0 Å². The van der Waals surface area contributed by atoms with Crippen molar-refractivity contribution in [1.82, 2.24) is 0 Å². The van der Waals surface area contributed by atoms with Gasteiger partial charge < -0.3 is 60.5 Å². The zero-order valence-electron chi connectivity index (χ0n) is 12.9. The lowest BCUT2D eigenvalue weighted by atomic mass is 9.97. The van der Waals surface area contributed by atoms with Crippen LogP contribution in [-0.4, -0.2) is 121 Å². The molecule has 2 fully saturated rings. The van der Waals surface area contributed by atoms with Crippen molar-refractivity contribution in [2.24, 2.45) is 0 Å². The highest BCUT2D eigenvalue weighted by Gasteiger charge is 2.50. The molecule has 2 aliphatic heterocycles. The van der Waals surface area contributed by atoms with Crippen LogP contribution < -0.4 is 0 Å². The van der Waals surface area contributed by atoms with Gasteiger partial charge in [0.2, 0.25) is 0 Å². The van der Waals surface area contributed by atoms with Crippen molar-refractivity contribution in [3.05, 3.63) is 0 Å². The van der Waals surface area contributed by atoms with Gasteiger partial charge in [-0.3, -0.25) is 0 Å². The minimum Gasteiger partial charge on any atom is -0.412 e. The first-order chi connectivity index (χ1) is 10.8. The van der Waals surface area contributed by atoms with E-state index in [2.05, 4.69) is 0 Å². The number of hydrogen-bond acceptors (Lipinski definition) is 11. The van der Waals surface area contributed by atoms with E-state index in [1.54, 1.807) is 0 Å². The van der Waals surface area contributed by atoms with Crippen LogP contribution in [-0.2, 0) is 14.2 Å². The van der Waals surface area contributed by atoms with Crippen molar-refractivity contribution in [2.45, 2.75) is 61.4 Å². The normalized spacial score (nSPS) is 47.5. The van der Waals surface area contributed by atoms with Crippen LogP contribution in [0.15, 0.2) is 0 Å². The molecular formula is C12H25ClO12. The van der Waals surface area contributed by atoms with Crippen LogP contribution in [0, 0.1) is 0 Å². The number of aliphatic hydroxyl groups is 8. The number of hydrogen-bond donors (Lipinski definition) is 8. The lowest BCUT2D eigenvalue weighted by molar-refractivity contribution is -0.355. The van der Waals surface area contributed by atoms with Gasteiger partial charge in [-0.1, -0.05) is 0 Å². The van der Waals surface area contributed by atoms with E-state index in [9.17, 15) is 35.7 Å². The third-order valence-corrected chi connectivity index (χ3v) is 3.98. The van der Waals surface area contributed by atoms with Crippen molar-refractivity contribution >= 4 is 12.4 Å². The SMILES string of the molecule is Cl.O.OC[C@H]1O[C@@H](O[C@H]2[C@H](O)[C@@H](O)C(O)O[C@@H]2CO)[C@H](O)[C@@H](O)[C@H]1O. The molecule has 0 bridgehead atoms. The highest BCUT2D eigenvalue weighted by atomic mass is 35.5. The van der Waals surface area contributed by atoms with Crippen molar-refractivity contribution < 1.29 is 60.5 Å². The minimum absolute atomic E-state index is 0. The summed E-state index contributed by atoms with van der Waals surface area (Å²) in [6.45, 7) is -1.35. The second kappa shape index (κ2) is 10.2. The maximum atomic E-state index is 9.94. The number of aliphatic hydroxyl groups excluding tert-OH is 8. The fourth-order valence-electron chi connectivity index (χ4n) is 2.57. The Balaban J connectivity index is 0.00000288. The average Bonchev–Trinajstić information content (AvgIpc) is 2.55. The predicted molar refractivity (Wildman–Crippen MR) is 79.5 cm³/mol. The van der Waals surface area contributed by atoms with Crippen LogP contribution in [0.1, 0.15) is 0 Å². The molecule has 0 aliphatic carbocycles. The summed E-state index contributed by atoms with van der Waals surface area (Å²) in [5.74, 6) is 0. The molecule has 1 unspecified atom stereocenters. The van der Waals surface area contributed by atoms with Crippen LogP contribution in [0.3, 0.4) is 0 Å². The quantitative estimate of drug-likeness (QED) is 0.223. The van der Waals surface area contributed by atoms with Crippen LogP contribution in [0.2, 0.25) is 0 Å². The number of ether oxygens (including phenoxy) is 3. The molecule has 13 heteroatoms. The van der Waals surface area contributed by atoms with E-state index < -0.39 is 74.6 Å². The molecule has 2 saturated heterocycles. The first-order valence-corrected chi connectivity index (χ1v) is 7.08. The molecule has 0 aromatic heterocycles. The van der Waals surface area contributed by atoms with Gasteiger partial charge in [0.1, 0.15) is 48.8 Å². The molecule has 10 atom stereocenters. The molecule has 2 heterocycles. The predicted octanol–water partition coefficient (Wildman–Crippen LogP) is -5.80. The molecular weight excluding hydrogens is 372 g/mol. The maximum Gasteiger partial charge on any atom is 0.187 e. The van der Waals surface area contributed by atoms with Gasteiger partial charge in [0, 0.05) is 0 Å². The zero-order valence-corrected chi connectivity index (χ0v) is 13.7. The molecule has 0 amide bonds. The average molecular weight is 397 g/mol. The van der Waals surface area contributed by atoms with Crippen LogP contribution in [0.4, 0.5) is 0 Å². The van der Waals surface area contributed by atoms with Crippen LogP contribution in [0.25, 0.3) is 0 Å². The Morgan fingerprint density at radius 2 is 1.24 bits per heavy atom. The number of halogens is 1. The zero-order chi connectivity index (χ0) is 17.3. The summed E-state index contributed by atoms with van der Waals surface area (Å²) in [5.41, 5.74) is 0. The molecule has 152 valence electrons. The molecule has 0 spiro atoms. The van der Waals surface area contributed by atoms with Gasteiger partial charge in [0.25, 0.3) is 0 Å². The molecule has 0 aromatic carbocycles. The second-order valence-corrected chi connectivity index (χ2v) is 5.53. The summed E-state index contributed by atoms with van der Waals surface area (Å²) in [4.78, 5) is 0. The van der Waals surface area contributed by atoms with Gasteiger partial charge >= 0.3 is 0 Å². The highest BCUT2D eigenvalue weighted by molar-refractivity contribution is 5.85. The Bertz CT molecular complexity index is 385. The molecule has 0 saturated carbocycles. The molecule has 0 radical (unpaired) electrons. The van der Waals surface area contributed by atoms with Gasteiger partial charge in [0.05, 0.1) is 13.2 Å². The second-order valence-electron chi connectivity index (χ2n) is 5.53. The standard InChI is InChI=1S/C12H22O11.ClH.H2O/c13-1-3-5(15)6(16)9(19)12(22-3)23-10-4(2-14)21-11(20)8(18)7(10)17;;/h3-20H,1-2H2;1H;1H2/t3-,4-,5+,6+,7-,8-,9-,10-,11?,12+;;/m1../s1. The molecule has 10 N–H and O–H groups in total. The fourth-order valence-corrected chi connectivity index (χ4v) is 2.57. The maximum absolute atomic E-state index is 9.94. The van der Waals surface area contributed by atoms with E-state index >= 15 is 0 Å². The van der Waals surface area contributed by atoms with E-state index in [4.69, 9.17) is 19.3 Å². The molecule has 2 aliphatic rings. The van der Waals surface area contributed by atoms with Crippen LogP contribution >= 0.6 is 12.4 Å². The molecule has 2 rings (SSSR count). The molecule has 25 heavy (non-hydrogen) atoms. The Hall–Kier alpha value is -0.190. The van der Waals surface area contributed by atoms with Gasteiger partial charge in [-0.05, 0) is 0 Å². The summed E-state index contributed by atoms with van der Waals surface area (Å²) >= 11 is 0. The van der Waals surface area contributed by atoms with E-state index in [1.807, 2.05) is 0 Å². The fraction of sp³-hybridized carbons (Fsp3) is 1.00. The summed E-state index contributed by atoms with van der Waals surface area (Å²) in [6.07, 6.45) is -15.6. The van der Waals surface area contributed by atoms with Crippen molar-refractivity contribution in [3.63, 3.8) is 0 Å². The topological polar surface area (TPSA) is 221 Å². The van der Waals surface area contributed by atoms with Crippen LogP contribution in [0.5, 0.6) is 0 Å². The Morgan fingerprint density at radius 1 is 0.680 bits per heavy atom. The lowest BCUT2D eigenvalue weighted by Crippen LogP contribution is -2.64. The first-order valence-electron chi connectivity index (χ1n) is 7.08. The van der Waals surface area contributed by atoms with Crippen molar-refractivity contribution in [1.29, 1.82) is 0 Å². The largest absolute Gasteiger partial charge is 0.412 e. The van der Waals surface area contributed by atoms with E-state index in [1.165, 1.54) is 0 Å². The Labute approximate surface area is 148 Å². The summed E-state index contributed by atoms with van der Waals surface area (Å²) in [7, 11) is 0. The molecule has 0 aromatic rings. The first kappa shape index (κ1) is 24.8. The van der Waals surface area contributed by atoms with Crippen molar-refractivity contribution in [3.8, 4) is 0 Å². The summed E-state index contributed by atoms with van der Waals surface area (Å²) < 4.78 is 15.3. The molecule has 12 nitrogen and oxygen atoms in total. The lowest BCUT2D eigenvalue weighted by Gasteiger charge is -2.45. The monoisotopic (exact) mass is 396 g/mol. The number of rotatable bonds is 4. The minimum atomic E-state index is -1.74. The van der Waals surface area contributed by atoms with Gasteiger partial charge in [-0.15, -0.1) is 12.4 Å². The Kier molecular flexibility index (Phi) is 10.1. The smallest absolute Gasteiger partial charge is 0.187 e. The summed E-state index contributed by atoms with van der Waals surface area (Å²) in [6, 6.07) is 0.